The third kappa shape index (κ3) is 2.71. The van der Waals surface area contributed by atoms with E-state index < -0.39 is 17.6 Å². The summed E-state index contributed by atoms with van der Waals surface area (Å²) in [5.74, 6) is -0.333. The molecule has 1 amide bonds. The maximum atomic E-state index is 13.0. The maximum absolute atomic E-state index is 13.0. The van der Waals surface area contributed by atoms with Gasteiger partial charge >= 0.3 is 5.97 Å². The molecule has 0 radical (unpaired) electrons. The van der Waals surface area contributed by atoms with Crippen LogP contribution in [0.1, 0.15) is 81.8 Å². The van der Waals surface area contributed by atoms with Gasteiger partial charge in [-0.05, 0) is 55.9 Å². The number of aliphatic hydroxyl groups excluding tert-OH is 1. The Kier molecular flexibility index (Phi) is 4.69. The molecule has 1 spiro atoms. The van der Waals surface area contributed by atoms with Crippen LogP contribution in [-0.2, 0) is 17.8 Å². The lowest BCUT2D eigenvalue weighted by molar-refractivity contribution is -0.210. The van der Waals surface area contributed by atoms with Crippen molar-refractivity contribution in [2.45, 2.75) is 91.0 Å². The standard InChI is InChI=1S/C26H35NO6/c1-13-6-7-19-24(3,4)20(29)8-9-25(19,5)26(13)11-16-18(28)10-15-17(21(16)33-26)12-27(22(15)30)14(2)23(31)32/h10,13-14,19-20,28-29H,6-9,11-12H2,1-5H3,(H,31,32)/t13-,14+,19+,20-,25+,26-/m1/s1. The molecular weight excluding hydrogens is 422 g/mol. The number of rotatable bonds is 2. The van der Waals surface area contributed by atoms with Crippen LogP contribution < -0.4 is 4.74 Å². The number of carbonyl (C=O) groups is 2. The summed E-state index contributed by atoms with van der Waals surface area (Å²) in [5.41, 5.74) is 0.752. The molecule has 5 rings (SSSR count). The fourth-order valence-corrected chi connectivity index (χ4v) is 7.74. The first-order valence-electron chi connectivity index (χ1n) is 12.1. The first-order chi connectivity index (χ1) is 15.3. The Balaban J connectivity index is 1.60. The lowest BCUT2D eigenvalue weighted by atomic mass is 9.43. The molecule has 7 nitrogen and oxygen atoms in total. The first kappa shape index (κ1) is 22.5. The van der Waals surface area contributed by atoms with Gasteiger partial charge in [-0.15, -0.1) is 0 Å². The van der Waals surface area contributed by atoms with E-state index >= 15 is 0 Å². The van der Waals surface area contributed by atoms with Crippen molar-refractivity contribution in [2.75, 3.05) is 0 Å². The summed E-state index contributed by atoms with van der Waals surface area (Å²) in [4.78, 5) is 25.9. The molecule has 0 saturated heterocycles. The Hall–Kier alpha value is -2.28. The zero-order valence-electron chi connectivity index (χ0n) is 20.1. The number of carboxylic acid groups (broad SMARTS) is 1. The van der Waals surface area contributed by atoms with Crippen molar-refractivity contribution in [3.8, 4) is 11.5 Å². The molecule has 2 saturated carbocycles. The monoisotopic (exact) mass is 457 g/mol. The topological polar surface area (TPSA) is 107 Å². The number of benzene rings is 1. The van der Waals surface area contributed by atoms with Crippen molar-refractivity contribution in [2.24, 2.45) is 22.7 Å². The van der Waals surface area contributed by atoms with Gasteiger partial charge < -0.3 is 25.0 Å². The summed E-state index contributed by atoms with van der Waals surface area (Å²) in [6.07, 6.45) is 3.74. The van der Waals surface area contributed by atoms with Crippen molar-refractivity contribution in [1.29, 1.82) is 0 Å². The zero-order chi connectivity index (χ0) is 24.1. The Labute approximate surface area is 194 Å². The van der Waals surface area contributed by atoms with E-state index in [9.17, 15) is 24.9 Å². The highest BCUT2D eigenvalue weighted by molar-refractivity contribution is 6.02. The summed E-state index contributed by atoms with van der Waals surface area (Å²) < 4.78 is 6.94. The minimum Gasteiger partial charge on any atom is -0.508 e. The molecule has 1 aromatic rings. The van der Waals surface area contributed by atoms with Crippen LogP contribution in [0.4, 0.5) is 0 Å². The molecule has 0 unspecified atom stereocenters. The number of nitrogens with zero attached hydrogens (tertiary/aromatic N) is 1. The number of aliphatic carboxylic acids is 1. The maximum Gasteiger partial charge on any atom is 0.326 e. The van der Waals surface area contributed by atoms with Gasteiger partial charge in [-0.3, -0.25) is 4.79 Å². The highest BCUT2D eigenvalue weighted by Crippen LogP contribution is 2.67. The summed E-state index contributed by atoms with van der Waals surface area (Å²) >= 11 is 0. The lowest BCUT2D eigenvalue weighted by Crippen LogP contribution is -2.66. The van der Waals surface area contributed by atoms with Crippen molar-refractivity contribution in [3.05, 3.63) is 22.8 Å². The van der Waals surface area contributed by atoms with Crippen LogP contribution in [0.3, 0.4) is 0 Å². The fraction of sp³-hybridized carbons (Fsp3) is 0.692. The second kappa shape index (κ2) is 6.87. The van der Waals surface area contributed by atoms with Crippen molar-refractivity contribution in [1.82, 2.24) is 4.90 Å². The number of phenols is 1. The number of phenolic OH excluding ortho intramolecular Hbond substituents is 1. The van der Waals surface area contributed by atoms with E-state index in [1.54, 1.807) is 0 Å². The number of carboxylic acids is 1. The van der Waals surface area contributed by atoms with Crippen LogP contribution in [-0.4, -0.2) is 49.8 Å². The van der Waals surface area contributed by atoms with E-state index in [0.29, 0.717) is 29.7 Å². The molecule has 2 aliphatic heterocycles. The minimum absolute atomic E-state index is 0.0480. The number of fused-ring (bicyclic) bond motifs is 5. The largest absolute Gasteiger partial charge is 0.508 e. The molecule has 7 heteroatoms. The van der Waals surface area contributed by atoms with E-state index in [4.69, 9.17) is 4.74 Å². The zero-order valence-corrected chi connectivity index (χ0v) is 20.1. The average molecular weight is 458 g/mol. The number of aliphatic hydroxyl groups is 1. The van der Waals surface area contributed by atoms with Crippen molar-refractivity contribution >= 4 is 11.9 Å². The van der Waals surface area contributed by atoms with E-state index in [-0.39, 0.29) is 47.0 Å². The predicted octanol–water partition coefficient (Wildman–Crippen LogP) is 3.73. The van der Waals surface area contributed by atoms with Gasteiger partial charge in [0.25, 0.3) is 5.91 Å². The van der Waals surface area contributed by atoms with Gasteiger partial charge in [0, 0.05) is 23.0 Å². The number of amides is 1. The molecule has 0 bridgehead atoms. The molecule has 2 heterocycles. The molecule has 4 aliphatic rings. The minimum atomic E-state index is -1.06. The van der Waals surface area contributed by atoms with Gasteiger partial charge in [-0.2, -0.15) is 0 Å². The summed E-state index contributed by atoms with van der Waals surface area (Å²) in [6, 6.07) is 0.532. The van der Waals surface area contributed by atoms with E-state index in [1.807, 2.05) is 0 Å². The second-order valence-corrected chi connectivity index (χ2v) is 11.7. The Morgan fingerprint density at radius 2 is 1.91 bits per heavy atom. The van der Waals surface area contributed by atoms with E-state index in [0.717, 1.165) is 24.8 Å². The molecule has 2 fully saturated rings. The number of carbonyl (C=O) groups excluding carboxylic acids is 1. The van der Waals surface area contributed by atoms with Crippen molar-refractivity contribution in [3.63, 3.8) is 0 Å². The van der Waals surface area contributed by atoms with Crippen molar-refractivity contribution < 1.29 is 29.6 Å². The molecule has 3 N–H and O–H groups in total. The number of hydrogen-bond donors (Lipinski definition) is 3. The van der Waals surface area contributed by atoms with Crippen LogP contribution in [0.5, 0.6) is 11.5 Å². The van der Waals surface area contributed by atoms with Gasteiger partial charge in [-0.1, -0.05) is 27.7 Å². The summed E-state index contributed by atoms with van der Waals surface area (Å²) in [6.45, 7) is 10.5. The summed E-state index contributed by atoms with van der Waals surface area (Å²) in [7, 11) is 0. The number of hydrogen-bond acceptors (Lipinski definition) is 5. The van der Waals surface area contributed by atoms with Crippen LogP contribution in [0, 0.1) is 22.7 Å². The highest BCUT2D eigenvalue weighted by Gasteiger charge is 2.67. The summed E-state index contributed by atoms with van der Waals surface area (Å²) in [5, 5.41) is 31.2. The molecule has 0 aromatic heterocycles. The van der Waals surface area contributed by atoms with E-state index in [2.05, 4.69) is 27.7 Å². The third-order valence-corrected chi connectivity index (χ3v) is 9.95. The third-order valence-electron chi connectivity index (χ3n) is 9.95. The van der Waals surface area contributed by atoms with Crippen LogP contribution in [0.2, 0.25) is 0 Å². The molecule has 2 aliphatic carbocycles. The molecule has 1 aromatic carbocycles. The van der Waals surface area contributed by atoms with Gasteiger partial charge in [0.15, 0.2) is 0 Å². The smallest absolute Gasteiger partial charge is 0.326 e. The highest BCUT2D eigenvalue weighted by atomic mass is 16.5. The van der Waals surface area contributed by atoms with Gasteiger partial charge in [0.1, 0.15) is 23.1 Å². The average Bonchev–Trinajstić information content (AvgIpc) is 3.30. The normalized spacial score (nSPS) is 37.3. The van der Waals surface area contributed by atoms with Gasteiger partial charge in [0.2, 0.25) is 0 Å². The fourth-order valence-electron chi connectivity index (χ4n) is 7.74. The molecule has 6 atom stereocenters. The molecule has 33 heavy (non-hydrogen) atoms. The predicted molar refractivity (Wildman–Crippen MR) is 121 cm³/mol. The lowest BCUT2D eigenvalue weighted by Gasteiger charge is -2.64. The Morgan fingerprint density at radius 1 is 1.21 bits per heavy atom. The quantitative estimate of drug-likeness (QED) is 0.625. The van der Waals surface area contributed by atoms with Gasteiger partial charge in [-0.25, -0.2) is 4.79 Å². The molecular formula is C26H35NO6. The van der Waals surface area contributed by atoms with Crippen LogP contribution in [0.15, 0.2) is 6.07 Å². The van der Waals surface area contributed by atoms with Crippen LogP contribution in [0.25, 0.3) is 0 Å². The van der Waals surface area contributed by atoms with Gasteiger partial charge in [0.05, 0.1) is 18.2 Å². The second-order valence-electron chi connectivity index (χ2n) is 11.7. The van der Waals surface area contributed by atoms with Crippen LogP contribution >= 0.6 is 0 Å². The molecule has 180 valence electrons. The Morgan fingerprint density at radius 3 is 2.58 bits per heavy atom. The first-order valence-corrected chi connectivity index (χ1v) is 12.1. The number of ether oxygens (including phenoxy) is 1. The Bertz CT molecular complexity index is 1050. The SMILES string of the molecule is C[C@@H]1CC[C@H]2C(C)(C)[C@H](O)CC[C@]2(C)[C@@]12Cc1c(O)cc3c(c1O2)CN([C@@H](C)C(=O)O)C3=O. The van der Waals surface area contributed by atoms with E-state index in [1.165, 1.54) is 17.9 Å². The number of aromatic hydroxyl groups is 1.